The summed E-state index contributed by atoms with van der Waals surface area (Å²) in [5.41, 5.74) is 4.26. The summed E-state index contributed by atoms with van der Waals surface area (Å²) in [6.07, 6.45) is 2.78. The maximum absolute atomic E-state index is 3.50. The van der Waals surface area contributed by atoms with Crippen molar-refractivity contribution in [2.24, 2.45) is 5.92 Å². The molecule has 1 N–H and O–H groups in total. The predicted octanol–water partition coefficient (Wildman–Crippen LogP) is 5.01. The molecular weight excluding hydrogens is 377 g/mol. The highest BCUT2D eigenvalue weighted by atomic mass is 35.5. The summed E-state index contributed by atoms with van der Waals surface area (Å²) >= 11 is 0. The van der Waals surface area contributed by atoms with Gasteiger partial charge in [-0.15, -0.1) is 24.8 Å². The van der Waals surface area contributed by atoms with Crippen LogP contribution in [0.25, 0.3) is 21.8 Å². The summed E-state index contributed by atoms with van der Waals surface area (Å²) in [5.74, 6) is 0.857. The molecule has 27 heavy (non-hydrogen) atoms. The van der Waals surface area contributed by atoms with Crippen LogP contribution in [0.3, 0.4) is 0 Å². The van der Waals surface area contributed by atoms with Crippen LogP contribution in [0.2, 0.25) is 0 Å². The van der Waals surface area contributed by atoms with Crippen LogP contribution in [0.15, 0.2) is 42.5 Å². The Morgan fingerprint density at radius 1 is 0.963 bits per heavy atom. The minimum Gasteiger partial charge on any atom is -0.341 e. The van der Waals surface area contributed by atoms with Crippen LogP contribution in [-0.4, -0.2) is 35.6 Å². The van der Waals surface area contributed by atoms with Gasteiger partial charge in [0, 0.05) is 60.6 Å². The van der Waals surface area contributed by atoms with Crippen molar-refractivity contribution < 1.29 is 0 Å². The van der Waals surface area contributed by atoms with E-state index < -0.39 is 0 Å². The molecule has 2 aromatic carbocycles. The van der Waals surface area contributed by atoms with E-state index in [0.29, 0.717) is 6.04 Å². The first-order valence-corrected chi connectivity index (χ1v) is 9.82. The molecule has 5 heteroatoms. The molecule has 0 spiro atoms. The first kappa shape index (κ1) is 20.5. The molecular formula is C22H29Cl2N3. The maximum atomic E-state index is 3.50. The molecule has 1 saturated carbocycles. The van der Waals surface area contributed by atoms with Crippen molar-refractivity contribution in [2.45, 2.75) is 32.4 Å². The second-order valence-corrected chi connectivity index (χ2v) is 7.61. The Morgan fingerprint density at radius 2 is 1.67 bits per heavy atom. The summed E-state index contributed by atoms with van der Waals surface area (Å²) in [4.78, 5) is 2.72. The van der Waals surface area contributed by atoms with Crippen molar-refractivity contribution in [3.8, 4) is 0 Å². The molecule has 1 atom stereocenters. The number of hydrogen-bond donors (Lipinski definition) is 1. The lowest BCUT2D eigenvalue weighted by atomic mass is 9.97. The Bertz CT molecular complexity index is 910. The van der Waals surface area contributed by atoms with Crippen LogP contribution in [-0.2, 0) is 6.54 Å². The van der Waals surface area contributed by atoms with Gasteiger partial charge >= 0.3 is 0 Å². The zero-order valence-electron chi connectivity index (χ0n) is 15.9. The van der Waals surface area contributed by atoms with Crippen LogP contribution in [0.1, 0.15) is 31.4 Å². The van der Waals surface area contributed by atoms with Crippen molar-refractivity contribution in [3.05, 3.63) is 48.0 Å². The average molecular weight is 406 g/mol. The molecule has 0 bridgehead atoms. The second kappa shape index (κ2) is 8.40. The predicted molar refractivity (Wildman–Crippen MR) is 120 cm³/mol. The van der Waals surface area contributed by atoms with E-state index in [1.807, 2.05) is 0 Å². The number of fused-ring (bicyclic) bond motifs is 3. The summed E-state index contributed by atoms with van der Waals surface area (Å²) in [7, 11) is 0. The standard InChI is InChI=1S/C22H27N3.2ClH/c1-2-25-20-6-4-3-5-18(20)19-15-17(9-10-21(19)25)22(16-7-8-16)24-13-11-23-12-14-24;;/h3-6,9-10,15-16,22-23H,2,7-8,11-14H2,1H3;2*1H/t22-;;/m1../s1. The summed E-state index contributed by atoms with van der Waals surface area (Å²) < 4.78 is 2.45. The van der Waals surface area contributed by atoms with Crippen molar-refractivity contribution in [3.63, 3.8) is 0 Å². The lowest BCUT2D eigenvalue weighted by molar-refractivity contribution is 0.156. The number of nitrogens with zero attached hydrogens (tertiary/aromatic N) is 2. The largest absolute Gasteiger partial charge is 0.341 e. The molecule has 2 fully saturated rings. The first-order chi connectivity index (χ1) is 12.4. The SMILES string of the molecule is CCn1c2ccccc2c2cc([C@@H](C3CC3)N3CCNCC3)ccc21.Cl.Cl. The fourth-order valence-corrected chi connectivity index (χ4v) is 4.75. The number of hydrogen-bond acceptors (Lipinski definition) is 2. The van der Waals surface area contributed by atoms with Gasteiger partial charge in [0.25, 0.3) is 0 Å². The fourth-order valence-electron chi connectivity index (χ4n) is 4.75. The topological polar surface area (TPSA) is 20.2 Å². The third kappa shape index (κ3) is 3.58. The first-order valence-electron chi connectivity index (χ1n) is 9.82. The molecule has 1 aliphatic heterocycles. The Balaban J connectivity index is 0.00000105. The number of aromatic nitrogens is 1. The quantitative estimate of drug-likeness (QED) is 0.657. The Hall–Kier alpha value is -1.26. The van der Waals surface area contributed by atoms with E-state index in [2.05, 4.69) is 64.2 Å². The molecule has 1 aliphatic carbocycles. The molecule has 1 aromatic heterocycles. The van der Waals surface area contributed by atoms with Gasteiger partial charge in [-0.2, -0.15) is 0 Å². The van der Waals surface area contributed by atoms with Crippen LogP contribution >= 0.6 is 24.8 Å². The van der Waals surface area contributed by atoms with E-state index in [1.54, 1.807) is 0 Å². The van der Waals surface area contributed by atoms with Crippen molar-refractivity contribution in [1.82, 2.24) is 14.8 Å². The van der Waals surface area contributed by atoms with Crippen molar-refractivity contribution in [2.75, 3.05) is 26.2 Å². The van der Waals surface area contributed by atoms with Crippen LogP contribution in [0, 0.1) is 5.92 Å². The molecule has 0 unspecified atom stereocenters. The van der Waals surface area contributed by atoms with Crippen LogP contribution < -0.4 is 5.32 Å². The molecule has 2 aliphatic rings. The van der Waals surface area contributed by atoms with Gasteiger partial charge < -0.3 is 9.88 Å². The van der Waals surface area contributed by atoms with Crippen LogP contribution in [0.4, 0.5) is 0 Å². The highest BCUT2D eigenvalue weighted by molar-refractivity contribution is 6.08. The minimum atomic E-state index is 0. The number of halogens is 2. The summed E-state index contributed by atoms with van der Waals surface area (Å²) in [5, 5.41) is 6.33. The normalized spacial score (nSPS) is 18.9. The number of rotatable bonds is 4. The van der Waals surface area contributed by atoms with Gasteiger partial charge in [-0.3, -0.25) is 4.90 Å². The zero-order chi connectivity index (χ0) is 16.8. The lowest BCUT2D eigenvalue weighted by Gasteiger charge is -2.35. The molecule has 5 rings (SSSR count). The van der Waals surface area contributed by atoms with E-state index in [-0.39, 0.29) is 24.8 Å². The smallest absolute Gasteiger partial charge is 0.0491 e. The Morgan fingerprint density at radius 3 is 2.37 bits per heavy atom. The van der Waals surface area contributed by atoms with Gasteiger partial charge in [0.05, 0.1) is 0 Å². The number of aryl methyl sites for hydroxylation is 1. The highest BCUT2D eigenvalue weighted by Crippen LogP contribution is 2.45. The number of nitrogens with one attached hydrogen (secondary N) is 1. The van der Waals surface area contributed by atoms with Gasteiger partial charge in [0.1, 0.15) is 0 Å². The monoisotopic (exact) mass is 405 g/mol. The minimum absolute atomic E-state index is 0. The van der Waals surface area contributed by atoms with E-state index in [4.69, 9.17) is 0 Å². The zero-order valence-corrected chi connectivity index (χ0v) is 17.5. The average Bonchev–Trinajstić information content (AvgIpc) is 3.44. The second-order valence-electron chi connectivity index (χ2n) is 7.61. The Kier molecular flexibility index (Phi) is 6.37. The third-order valence-corrected chi connectivity index (χ3v) is 6.07. The van der Waals surface area contributed by atoms with Gasteiger partial charge in [0.15, 0.2) is 0 Å². The van der Waals surface area contributed by atoms with E-state index in [1.165, 1.54) is 53.3 Å². The number of piperazine rings is 1. The number of para-hydroxylation sites is 1. The molecule has 3 aromatic rings. The van der Waals surface area contributed by atoms with Crippen molar-refractivity contribution >= 4 is 46.6 Å². The summed E-state index contributed by atoms with van der Waals surface area (Å²) in [6, 6.07) is 16.7. The third-order valence-electron chi connectivity index (χ3n) is 6.07. The summed E-state index contributed by atoms with van der Waals surface area (Å²) in [6.45, 7) is 7.87. The molecule has 2 heterocycles. The van der Waals surface area contributed by atoms with E-state index >= 15 is 0 Å². The van der Waals surface area contributed by atoms with Crippen molar-refractivity contribution in [1.29, 1.82) is 0 Å². The molecule has 0 radical (unpaired) electrons. The van der Waals surface area contributed by atoms with E-state index in [0.717, 1.165) is 25.6 Å². The molecule has 1 saturated heterocycles. The molecule has 0 amide bonds. The molecule has 146 valence electrons. The van der Waals surface area contributed by atoms with Gasteiger partial charge in [-0.1, -0.05) is 24.3 Å². The lowest BCUT2D eigenvalue weighted by Crippen LogP contribution is -2.45. The molecule has 3 nitrogen and oxygen atoms in total. The van der Waals surface area contributed by atoms with E-state index in [9.17, 15) is 0 Å². The van der Waals surface area contributed by atoms with Gasteiger partial charge in [0.2, 0.25) is 0 Å². The van der Waals surface area contributed by atoms with Gasteiger partial charge in [-0.05, 0) is 49.4 Å². The highest BCUT2D eigenvalue weighted by Gasteiger charge is 2.36. The maximum Gasteiger partial charge on any atom is 0.0491 e. The van der Waals surface area contributed by atoms with Crippen LogP contribution in [0.5, 0.6) is 0 Å². The fraction of sp³-hybridized carbons (Fsp3) is 0.455. The van der Waals surface area contributed by atoms with Gasteiger partial charge in [-0.25, -0.2) is 0 Å². The number of benzene rings is 2. The Labute approximate surface area is 173 Å².